The fourth-order valence-electron chi connectivity index (χ4n) is 2.41. The molecule has 0 radical (unpaired) electrons. The van der Waals surface area contributed by atoms with Gasteiger partial charge in [0.25, 0.3) is 0 Å². The molecule has 0 heterocycles. The third kappa shape index (κ3) is 3.47. The quantitative estimate of drug-likeness (QED) is 0.800. The highest BCUT2D eigenvalue weighted by molar-refractivity contribution is 5.70. The lowest BCUT2D eigenvalue weighted by Crippen LogP contribution is -2.39. The molecule has 0 atom stereocenters. The molecule has 0 bridgehead atoms. The van der Waals surface area contributed by atoms with Gasteiger partial charge >= 0.3 is 5.97 Å². The summed E-state index contributed by atoms with van der Waals surface area (Å²) in [6, 6.07) is 7.53. The van der Waals surface area contributed by atoms with Crippen molar-refractivity contribution in [3.05, 3.63) is 29.8 Å². The van der Waals surface area contributed by atoms with Gasteiger partial charge in [0.15, 0.2) is 0 Å². The molecule has 2 N–H and O–H groups in total. The summed E-state index contributed by atoms with van der Waals surface area (Å²) in [5.74, 6) is 0.610. The molecule has 1 saturated carbocycles. The van der Waals surface area contributed by atoms with E-state index in [2.05, 4.69) is 0 Å². The van der Waals surface area contributed by atoms with E-state index >= 15 is 0 Å². The van der Waals surface area contributed by atoms with Crippen molar-refractivity contribution < 1.29 is 14.3 Å². The van der Waals surface area contributed by atoms with Crippen LogP contribution in [0, 0.1) is 5.41 Å². The van der Waals surface area contributed by atoms with Gasteiger partial charge < -0.3 is 15.2 Å². The average Bonchev–Trinajstić information content (AvgIpc) is 2.41. The number of benzene rings is 1. The average molecular weight is 263 g/mol. The number of rotatable bonds is 6. The molecule has 0 aromatic heterocycles. The molecule has 1 aliphatic carbocycles. The number of esters is 1. The minimum atomic E-state index is -0.159. The van der Waals surface area contributed by atoms with Gasteiger partial charge in [-0.25, -0.2) is 0 Å². The first-order valence-electron chi connectivity index (χ1n) is 6.66. The number of methoxy groups -OCH3 is 1. The van der Waals surface area contributed by atoms with E-state index in [1.54, 1.807) is 7.11 Å². The summed E-state index contributed by atoms with van der Waals surface area (Å²) in [6.45, 7) is 0.859. The highest BCUT2D eigenvalue weighted by atomic mass is 16.5. The first-order chi connectivity index (χ1) is 9.17. The van der Waals surface area contributed by atoms with E-state index in [1.165, 1.54) is 6.42 Å². The molecule has 4 nitrogen and oxygen atoms in total. The Morgan fingerprint density at radius 3 is 2.79 bits per heavy atom. The van der Waals surface area contributed by atoms with Crippen LogP contribution in [-0.4, -0.2) is 19.6 Å². The largest absolute Gasteiger partial charge is 0.497 e. The van der Waals surface area contributed by atoms with Gasteiger partial charge in [-0.15, -0.1) is 0 Å². The van der Waals surface area contributed by atoms with Gasteiger partial charge in [-0.05, 0) is 42.5 Å². The molecule has 1 aromatic rings. The SMILES string of the molecule is COc1cccc(COC(=O)CC2(CN)CCC2)c1. The Hall–Kier alpha value is -1.55. The predicted molar refractivity (Wildman–Crippen MR) is 72.7 cm³/mol. The third-order valence-corrected chi connectivity index (χ3v) is 3.90. The van der Waals surface area contributed by atoms with E-state index in [1.807, 2.05) is 24.3 Å². The third-order valence-electron chi connectivity index (χ3n) is 3.90. The number of carbonyl (C=O) groups is 1. The van der Waals surface area contributed by atoms with Crippen molar-refractivity contribution in [1.29, 1.82) is 0 Å². The molecule has 1 aliphatic rings. The molecule has 0 unspecified atom stereocenters. The smallest absolute Gasteiger partial charge is 0.306 e. The molecule has 0 aliphatic heterocycles. The topological polar surface area (TPSA) is 61.5 Å². The standard InChI is InChI=1S/C15H21NO3/c1-18-13-5-2-4-12(8-13)10-19-14(17)9-15(11-16)6-3-7-15/h2,4-5,8H,3,6-7,9-11,16H2,1H3. The van der Waals surface area contributed by atoms with Crippen LogP contribution in [0.5, 0.6) is 5.75 Å². The van der Waals surface area contributed by atoms with Crippen LogP contribution in [0.2, 0.25) is 0 Å². The Labute approximate surface area is 113 Å². The Bertz CT molecular complexity index is 435. The van der Waals surface area contributed by atoms with Gasteiger partial charge in [-0.2, -0.15) is 0 Å². The molecule has 0 spiro atoms. The van der Waals surface area contributed by atoms with E-state index in [9.17, 15) is 4.79 Å². The Morgan fingerprint density at radius 2 is 2.21 bits per heavy atom. The van der Waals surface area contributed by atoms with Gasteiger partial charge in [-0.1, -0.05) is 18.6 Å². The van der Waals surface area contributed by atoms with Crippen LogP contribution in [-0.2, 0) is 16.1 Å². The summed E-state index contributed by atoms with van der Waals surface area (Å²) < 4.78 is 10.4. The van der Waals surface area contributed by atoms with Crippen LogP contribution >= 0.6 is 0 Å². The normalized spacial score (nSPS) is 16.5. The molecule has 19 heavy (non-hydrogen) atoms. The van der Waals surface area contributed by atoms with E-state index in [4.69, 9.17) is 15.2 Å². The summed E-state index contributed by atoms with van der Waals surface area (Å²) in [5, 5.41) is 0. The van der Waals surface area contributed by atoms with Gasteiger partial charge in [0.1, 0.15) is 12.4 Å². The maximum absolute atomic E-state index is 11.8. The van der Waals surface area contributed by atoms with Crippen molar-refractivity contribution in [1.82, 2.24) is 0 Å². The number of hydrogen-bond donors (Lipinski definition) is 1. The molecule has 1 fully saturated rings. The van der Waals surface area contributed by atoms with Crippen LogP contribution in [0.4, 0.5) is 0 Å². The number of hydrogen-bond acceptors (Lipinski definition) is 4. The predicted octanol–water partition coefficient (Wildman–Crippen LogP) is 2.26. The van der Waals surface area contributed by atoms with E-state index in [0.29, 0.717) is 13.0 Å². The summed E-state index contributed by atoms with van der Waals surface area (Å²) >= 11 is 0. The molecular weight excluding hydrogens is 242 g/mol. The monoisotopic (exact) mass is 263 g/mol. The first-order valence-corrected chi connectivity index (χ1v) is 6.66. The van der Waals surface area contributed by atoms with E-state index in [-0.39, 0.29) is 18.0 Å². The zero-order valence-corrected chi connectivity index (χ0v) is 11.4. The van der Waals surface area contributed by atoms with Crippen molar-refractivity contribution in [3.8, 4) is 5.75 Å². The number of carbonyl (C=O) groups excluding carboxylic acids is 1. The number of ether oxygens (including phenoxy) is 2. The summed E-state index contributed by atoms with van der Waals surface area (Å²) in [4.78, 5) is 11.8. The molecule has 1 aromatic carbocycles. The Kier molecular flexibility index (Phi) is 4.43. The van der Waals surface area contributed by atoms with Gasteiger partial charge in [-0.3, -0.25) is 4.79 Å². The van der Waals surface area contributed by atoms with Crippen molar-refractivity contribution >= 4 is 5.97 Å². The van der Waals surface area contributed by atoms with Gasteiger partial charge in [0.05, 0.1) is 13.5 Å². The zero-order chi connectivity index (χ0) is 13.7. The lowest BCUT2D eigenvalue weighted by molar-refractivity contribution is -0.149. The fraction of sp³-hybridized carbons (Fsp3) is 0.533. The summed E-state index contributed by atoms with van der Waals surface area (Å²) in [5.41, 5.74) is 6.68. The van der Waals surface area contributed by atoms with Gasteiger partial charge in [0.2, 0.25) is 0 Å². The lowest BCUT2D eigenvalue weighted by atomic mass is 9.67. The molecular formula is C15H21NO3. The van der Waals surface area contributed by atoms with Crippen LogP contribution < -0.4 is 10.5 Å². The maximum Gasteiger partial charge on any atom is 0.306 e. The molecule has 4 heteroatoms. The van der Waals surface area contributed by atoms with Gasteiger partial charge in [0, 0.05) is 0 Å². The second-order valence-electron chi connectivity index (χ2n) is 5.25. The second kappa shape index (κ2) is 6.06. The minimum Gasteiger partial charge on any atom is -0.497 e. The fourth-order valence-corrected chi connectivity index (χ4v) is 2.41. The zero-order valence-electron chi connectivity index (χ0n) is 11.4. The molecule has 104 valence electrons. The van der Waals surface area contributed by atoms with Crippen molar-refractivity contribution in [3.63, 3.8) is 0 Å². The molecule has 0 amide bonds. The molecule has 2 rings (SSSR count). The van der Waals surface area contributed by atoms with Crippen LogP contribution in [0.3, 0.4) is 0 Å². The van der Waals surface area contributed by atoms with Crippen LogP contribution in [0.15, 0.2) is 24.3 Å². The Morgan fingerprint density at radius 1 is 1.42 bits per heavy atom. The molecule has 0 saturated heterocycles. The number of nitrogens with two attached hydrogens (primary N) is 1. The first kappa shape index (κ1) is 13.9. The second-order valence-corrected chi connectivity index (χ2v) is 5.25. The van der Waals surface area contributed by atoms with Crippen molar-refractivity contribution in [2.24, 2.45) is 11.1 Å². The minimum absolute atomic E-state index is 0.00542. The maximum atomic E-state index is 11.8. The lowest BCUT2D eigenvalue weighted by Gasteiger charge is -2.40. The Balaban J connectivity index is 1.82. The highest BCUT2D eigenvalue weighted by Crippen LogP contribution is 2.43. The summed E-state index contributed by atoms with van der Waals surface area (Å²) in [6.07, 6.45) is 3.68. The van der Waals surface area contributed by atoms with Crippen LogP contribution in [0.1, 0.15) is 31.2 Å². The van der Waals surface area contributed by atoms with Crippen LogP contribution in [0.25, 0.3) is 0 Å². The van der Waals surface area contributed by atoms with Crippen molar-refractivity contribution in [2.45, 2.75) is 32.3 Å². The van der Waals surface area contributed by atoms with E-state index < -0.39 is 0 Å². The van der Waals surface area contributed by atoms with E-state index in [0.717, 1.165) is 24.2 Å². The van der Waals surface area contributed by atoms with Crippen molar-refractivity contribution in [2.75, 3.05) is 13.7 Å². The summed E-state index contributed by atoms with van der Waals surface area (Å²) in [7, 11) is 1.62. The highest BCUT2D eigenvalue weighted by Gasteiger charge is 2.38.